The molecule has 2 heterocycles. The van der Waals surface area contributed by atoms with E-state index in [4.69, 9.17) is 0 Å². The van der Waals surface area contributed by atoms with Crippen LogP contribution < -0.4 is 5.32 Å². The van der Waals surface area contributed by atoms with Crippen molar-refractivity contribution in [3.63, 3.8) is 0 Å². The van der Waals surface area contributed by atoms with Gasteiger partial charge in [0.2, 0.25) is 0 Å². The van der Waals surface area contributed by atoms with E-state index in [-0.39, 0.29) is 22.9 Å². The first-order valence-corrected chi connectivity index (χ1v) is 8.98. The number of pyridine rings is 1. The van der Waals surface area contributed by atoms with Crippen molar-refractivity contribution < 1.29 is 22.8 Å². The van der Waals surface area contributed by atoms with Crippen LogP contribution in [0, 0.1) is 5.92 Å². The molecule has 1 aromatic carbocycles. The lowest BCUT2D eigenvalue weighted by Crippen LogP contribution is -2.38. The average molecular weight is 391 g/mol. The molecule has 0 radical (unpaired) electrons. The first-order valence-electron chi connectivity index (χ1n) is 8.98. The van der Waals surface area contributed by atoms with Gasteiger partial charge in [-0.05, 0) is 43.0 Å². The lowest BCUT2D eigenvalue weighted by molar-refractivity contribution is -0.136. The summed E-state index contributed by atoms with van der Waals surface area (Å²) in [5.74, 6) is -0.458. The molecule has 1 N–H and O–H groups in total. The molecule has 148 valence electrons. The van der Waals surface area contributed by atoms with Gasteiger partial charge in [-0.1, -0.05) is 19.1 Å². The van der Waals surface area contributed by atoms with Crippen LogP contribution in [-0.2, 0) is 6.18 Å². The van der Waals surface area contributed by atoms with Gasteiger partial charge in [0.15, 0.2) is 0 Å². The van der Waals surface area contributed by atoms with Gasteiger partial charge in [-0.2, -0.15) is 13.2 Å². The van der Waals surface area contributed by atoms with Crippen LogP contribution >= 0.6 is 0 Å². The number of benzene rings is 1. The first kappa shape index (κ1) is 19.9. The van der Waals surface area contributed by atoms with Gasteiger partial charge in [-0.3, -0.25) is 14.6 Å². The van der Waals surface area contributed by atoms with Gasteiger partial charge in [0, 0.05) is 24.8 Å². The van der Waals surface area contributed by atoms with Crippen LogP contribution in [0.1, 0.15) is 46.2 Å². The zero-order valence-corrected chi connectivity index (χ0v) is 15.3. The van der Waals surface area contributed by atoms with Crippen molar-refractivity contribution in [2.45, 2.75) is 25.9 Å². The summed E-state index contributed by atoms with van der Waals surface area (Å²) >= 11 is 0. The second kappa shape index (κ2) is 8.00. The molecule has 0 aliphatic carbocycles. The normalized spacial score (nSPS) is 15.4. The van der Waals surface area contributed by atoms with Crippen LogP contribution in [0.2, 0.25) is 0 Å². The van der Waals surface area contributed by atoms with E-state index < -0.39 is 17.6 Å². The van der Waals surface area contributed by atoms with E-state index in [1.807, 2.05) is 0 Å². The van der Waals surface area contributed by atoms with E-state index in [1.165, 1.54) is 36.5 Å². The Kier molecular flexibility index (Phi) is 5.67. The largest absolute Gasteiger partial charge is 0.418 e. The second-order valence-electron chi connectivity index (χ2n) is 6.90. The summed E-state index contributed by atoms with van der Waals surface area (Å²) in [5, 5.41) is 2.27. The summed E-state index contributed by atoms with van der Waals surface area (Å²) in [4.78, 5) is 30.8. The fraction of sp³-hybridized carbons (Fsp3) is 0.350. The van der Waals surface area contributed by atoms with E-state index in [2.05, 4.69) is 17.2 Å². The van der Waals surface area contributed by atoms with Gasteiger partial charge in [0.1, 0.15) is 5.69 Å². The number of carbonyl (C=O) groups excluding carboxylic acids is 2. The number of carbonyl (C=O) groups is 2. The zero-order valence-electron chi connectivity index (χ0n) is 15.3. The molecule has 5 nitrogen and oxygen atoms in total. The SMILES string of the molecule is CC1CCN(C(=O)c2cc(C(=O)Nc3ccccc3C(F)(F)F)ccn2)CC1. The van der Waals surface area contributed by atoms with E-state index >= 15 is 0 Å². The van der Waals surface area contributed by atoms with Gasteiger partial charge >= 0.3 is 6.18 Å². The molecule has 8 heteroatoms. The highest BCUT2D eigenvalue weighted by Crippen LogP contribution is 2.34. The molecule has 0 saturated carbocycles. The molecule has 1 aliphatic rings. The molecule has 1 fully saturated rings. The molecule has 0 spiro atoms. The van der Waals surface area contributed by atoms with Crippen molar-refractivity contribution in [3.8, 4) is 0 Å². The Balaban J connectivity index is 1.77. The molecule has 0 unspecified atom stereocenters. The minimum Gasteiger partial charge on any atom is -0.337 e. The van der Waals surface area contributed by atoms with Crippen LogP contribution in [0.3, 0.4) is 0 Å². The molecular formula is C20H20F3N3O2. The maximum absolute atomic E-state index is 13.1. The highest BCUT2D eigenvalue weighted by Gasteiger charge is 2.33. The minimum atomic E-state index is -4.59. The van der Waals surface area contributed by atoms with E-state index in [0.717, 1.165) is 18.9 Å². The van der Waals surface area contributed by atoms with Crippen molar-refractivity contribution in [2.75, 3.05) is 18.4 Å². The molecule has 1 saturated heterocycles. The van der Waals surface area contributed by atoms with Gasteiger partial charge in [-0.15, -0.1) is 0 Å². The monoisotopic (exact) mass is 391 g/mol. The number of rotatable bonds is 3. The van der Waals surface area contributed by atoms with Crippen LogP contribution in [0.5, 0.6) is 0 Å². The van der Waals surface area contributed by atoms with E-state index in [9.17, 15) is 22.8 Å². The molecule has 0 atom stereocenters. The van der Waals surface area contributed by atoms with Crippen molar-refractivity contribution in [2.24, 2.45) is 5.92 Å². The molecule has 2 aromatic rings. The predicted molar refractivity (Wildman–Crippen MR) is 97.9 cm³/mol. The average Bonchev–Trinajstić information content (AvgIpc) is 2.68. The number of anilines is 1. The summed E-state index contributed by atoms with van der Waals surface area (Å²) in [6, 6.07) is 7.41. The van der Waals surface area contributed by atoms with E-state index in [1.54, 1.807) is 4.90 Å². The third kappa shape index (κ3) is 4.49. The van der Waals surface area contributed by atoms with E-state index in [0.29, 0.717) is 19.0 Å². The molecule has 1 aliphatic heterocycles. The Morgan fingerprint density at radius 1 is 1.14 bits per heavy atom. The van der Waals surface area contributed by atoms with Crippen molar-refractivity contribution in [1.82, 2.24) is 9.88 Å². The topological polar surface area (TPSA) is 62.3 Å². The van der Waals surface area contributed by atoms with Crippen molar-refractivity contribution in [1.29, 1.82) is 0 Å². The quantitative estimate of drug-likeness (QED) is 0.852. The van der Waals surface area contributed by atoms with Crippen LogP contribution in [0.15, 0.2) is 42.6 Å². The molecule has 28 heavy (non-hydrogen) atoms. The number of hydrogen-bond acceptors (Lipinski definition) is 3. The first-order chi connectivity index (χ1) is 13.3. The highest BCUT2D eigenvalue weighted by atomic mass is 19.4. The van der Waals surface area contributed by atoms with Gasteiger partial charge in [0.25, 0.3) is 11.8 Å². The Hall–Kier alpha value is -2.90. The van der Waals surface area contributed by atoms with Crippen LogP contribution in [0.25, 0.3) is 0 Å². The van der Waals surface area contributed by atoms with Crippen molar-refractivity contribution in [3.05, 3.63) is 59.4 Å². The lowest BCUT2D eigenvalue weighted by atomic mass is 9.99. The second-order valence-corrected chi connectivity index (χ2v) is 6.90. The van der Waals surface area contributed by atoms with Gasteiger partial charge in [0.05, 0.1) is 11.3 Å². The number of nitrogens with one attached hydrogen (secondary N) is 1. The molecule has 3 rings (SSSR count). The summed E-state index contributed by atoms with van der Waals surface area (Å²) in [6.45, 7) is 3.37. The fourth-order valence-electron chi connectivity index (χ4n) is 3.10. The van der Waals surface area contributed by atoms with Crippen LogP contribution in [0.4, 0.5) is 18.9 Å². The van der Waals surface area contributed by atoms with Gasteiger partial charge < -0.3 is 10.2 Å². The molecule has 0 bridgehead atoms. The zero-order chi connectivity index (χ0) is 20.3. The number of halogens is 3. The minimum absolute atomic E-state index is 0.0701. The number of alkyl halides is 3. The third-order valence-corrected chi connectivity index (χ3v) is 4.79. The fourth-order valence-corrected chi connectivity index (χ4v) is 3.10. The smallest absolute Gasteiger partial charge is 0.337 e. The van der Waals surface area contributed by atoms with Gasteiger partial charge in [-0.25, -0.2) is 0 Å². The standard InChI is InChI=1S/C20H20F3N3O2/c1-13-7-10-26(11-8-13)19(28)17-12-14(6-9-24-17)18(27)25-16-5-3-2-4-15(16)20(21,22)23/h2-6,9,12-13H,7-8,10-11H2,1H3,(H,25,27). The Morgan fingerprint density at radius 3 is 2.50 bits per heavy atom. The Bertz CT molecular complexity index is 875. The molecular weight excluding hydrogens is 371 g/mol. The number of aromatic nitrogens is 1. The number of hydrogen-bond donors (Lipinski definition) is 1. The number of piperidine rings is 1. The lowest BCUT2D eigenvalue weighted by Gasteiger charge is -2.30. The summed E-state index contributed by atoms with van der Waals surface area (Å²) in [6.07, 6.45) is -1.47. The maximum Gasteiger partial charge on any atom is 0.418 e. The number of likely N-dealkylation sites (tertiary alicyclic amines) is 1. The number of nitrogens with zero attached hydrogens (tertiary/aromatic N) is 2. The number of para-hydroxylation sites is 1. The number of amides is 2. The third-order valence-electron chi connectivity index (χ3n) is 4.79. The Morgan fingerprint density at radius 2 is 1.82 bits per heavy atom. The molecule has 1 aromatic heterocycles. The predicted octanol–water partition coefficient (Wildman–Crippen LogP) is 4.22. The highest BCUT2D eigenvalue weighted by molar-refractivity contribution is 6.06. The summed E-state index contributed by atoms with van der Waals surface area (Å²) in [7, 11) is 0. The summed E-state index contributed by atoms with van der Waals surface area (Å²) < 4.78 is 39.3. The summed E-state index contributed by atoms with van der Waals surface area (Å²) in [5.41, 5.74) is -1.10. The van der Waals surface area contributed by atoms with Crippen molar-refractivity contribution >= 4 is 17.5 Å². The van der Waals surface area contributed by atoms with Crippen LogP contribution in [-0.4, -0.2) is 34.8 Å². The Labute approximate surface area is 160 Å². The maximum atomic E-state index is 13.1. The molecule has 2 amide bonds.